The number of rotatable bonds is 4. The van der Waals surface area contributed by atoms with Gasteiger partial charge in [-0.2, -0.15) is 4.68 Å². The number of hydrogen-bond acceptors (Lipinski definition) is 6. The molecule has 0 aliphatic heterocycles. The third kappa shape index (κ3) is 3.70. The van der Waals surface area contributed by atoms with E-state index in [1.807, 2.05) is 31.2 Å². The van der Waals surface area contributed by atoms with Crippen molar-refractivity contribution in [3.63, 3.8) is 0 Å². The van der Waals surface area contributed by atoms with Crippen molar-refractivity contribution in [1.82, 2.24) is 19.7 Å². The largest absolute Gasteiger partial charge is 0.480 e. The van der Waals surface area contributed by atoms with Crippen LogP contribution in [0.25, 0.3) is 11.4 Å². The van der Waals surface area contributed by atoms with Crippen LogP contribution in [0.5, 0.6) is 5.88 Å². The number of nitrogens with zero attached hydrogens (tertiary/aromatic N) is 4. The van der Waals surface area contributed by atoms with Gasteiger partial charge in [-0.15, -0.1) is 5.10 Å². The molecule has 2 N–H and O–H groups in total. The molecule has 0 amide bonds. The summed E-state index contributed by atoms with van der Waals surface area (Å²) < 4.78 is 7.19. The van der Waals surface area contributed by atoms with Crippen LogP contribution < -0.4 is 10.2 Å². The van der Waals surface area contributed by atoms with Gasteiger partial charge in [0.25, 0.3) is 0 Å². The number of nitrogens with one attached hydrogen (secondary N) is 2. The quantitative estimate of drug-likeness (QED) is 0.507. The van der Waals surface area contributed by atoms with Gasteiger partial charge in [-0.25, -0.2) is 9.97 Å². The van der Waals surface area contributed by atoms with Gasteiger partial charge < -0.3 is 4.74 Å². The summed E-state index contributed by atoms with van der Waals surface area (Å²) in [6.45, 7) is 1.90. The summed E-state index contributed by atoms with van der Waals surface area (Å²) in [7, 11) is 1.50. The summed E-state index contributed by atoms with van der Waals surface area (Å²) in [6.07, 6.45) is 3.39. The molecular weight excluding hydrogens is 396 g/mol. The Morgan fingerprint density at radius 1 is 1.19 bits per heavy atom. The van der Waals surface area contributed by atoms with Gasteiger partial charge in [-0.05, 0) is 33.6 Å². The molecule has 1 aromatic carbocycles. The molecule has 0 aliphatic rings. The number of methoxy groups -OCH3 is 1. The van der Waals surface area contributed by atoms with E-state index in [1.165, 1.54) is 11.8 Å². The van der Waals surface area contributed by atoms with E-state index < -0.39 is 0 Å². The molecule has 2 heterocycles. The van der Waals surface area contributed by atoms with Gasteiger partial charge >= 0.3 is 0 Å². The lowest BCUT2D eigenvalue weighted by Gasteiger charge is -2.16. The highest BCUT2D eigenvalue weighted by Gasteiger charge is 2.16. The van der Waals surface area contributed by atoms with Crippen molar-refractivity contribution in [3.05, 3.63) is 64.3 Å². The molecule has 3 rings (SSSR count). The van der Waals surface area contributed by atoms with Gasteiger partial charge in [0.15, 0.2) is 5.82 Å². The molecule has 3 aromatic rings. The van der Waals surface area contributed by atoms with Crippen LogP contribution in [-0.2, 0) is 0 Å². The fourth-order valence-electron chi connectivity index (χ4n) is 2.45. The van der Waals surface area contributed by atoms with Crippen LogP contribution >= 0.6 is 15.9 Å². The maximum atomic E-state index is 8.48. The monoisotopic (exact) mass is 412 g/mol. The molecule has 0 fully saturated rings. The van der Waals surface area contributed by atoms with E-state index in [0.29, 0.717) is 11.7 Å². The zero-order valence-corrected chi connectivity index (χ0v) is 15.9. The number of aromatic nitrogens is 4. The van der Waals surface area contributed by atoms with Crippen molar-refractivity contribution in [2.75, 3.05) is 7.11 Å². The van der Waals surface area contributed by atoms with Crippen LogP contribution in [0.1, 0.15) is 18.4 Å². The molecule has 8 heteroatoms. The predicted octanol–water partition coefficient (Wildman–Crippen LogP) is 3.22. The Hall–Kier alpha value is -2.87. The van der Waals surface area contributed by atoms with Gasteiger partial charge in [-0.1, -0.05) is 25.1 Å². The predicted molar refractivity (Wildman–Crippen MR) is 101 cm³/mol. The topological polar surface area (TPSA) is 101 Å². The number of benzene rings is 1. The number of halogens is 1. The lowest BCUT2D eigenvalue weighted by Crippen LogP contribution is -2.32. The standard InChI is InChI=1S/C18H17BrN6O/c1-11(17(21)25-15(20)6-7-16(24-25)26-2)12-4-3-5-13(8-12)18-22-9-14(19)10-23-18/h3-11,20-21H,1-2H3. The third-order valence-electron chi connectivity index (χ3n) is 3.92. The van der Waals surface area contributed by atoms with Gasteiger partial charge in [0.2, 0.25) is 5.88 Å². The first kappa shape index (κ1) is 17.9. The average Bonchev–Trinajstić information content (AvgIpc) is 2.68. The zero-order valence-electron chi connectivity index (χ0n) is 14.3. The highest BCUT2D eigenvalue weighted by molar-refractivity contribution is 9.10. The van der Waals surface area contributed by atoms with Crippen molar-refractivity contribution >= 4 is 21.8 Å². The summed E-state index contributed by atoms with van der Waals surface area (Å²) in [4.78, 5) is 8.63. The Morgan fingerprint density at radius 3 is 2.62 bits per heavy atom. The maximum Gasteiger partial charge on any atom is 0.231 e. The first-order valence-electron chi connectivity index (χ1n) is 7.85. The van der Waals surface area contributed by atoms with Crippen molar-refractivity contribution in [1.29, 1.82) is 10.8 Å². The zero-order chi connectivity index (χ0) is 18.7. The van der Waals surface area contributed by atoms with Crippen molar-refractivity contribution in [2.24, 2.45) is 0 Å². The van der Waals surface area contributed by atoms with E-state index in [9.17, 15) is 0 Å². The molecule has 0 saturated heterocycles. The summed E-state index contributed by atoms with van der Waals surface area (Å²) in [6, 6.07) is 10.9. The van der Waals surface area contributed by atoms with E-state index in [4.69, 9.17) is 15.6 Å². The van der Waals surface area contributed by atoms with E-state index >= 15 is 0 Å². The molecule has 132 valence electrons. The van der Waals surface area contributed by atoms with Crippen LogP contribution in [0.15, 0.2) is 53.3 Å². The fraction of sp³-hybridized carbons (Fsp3) is 0.167. The molecule has 0 spiro atoms. The molecule has 2 aromatic heterocycles. The molecule has 26 heavy (non-hydrogen) atoms. The minimum absolute atomic E-state index is 0.120. The number of ether oxygens (including phenoxy) is 1. The summed E-state index contributed by atoms with van der Waals surface area (Å²) in [5.41, 5.74) is 1.90. The second-order valence-electron chi connectivity index (χ2n) is 5.63. The van der Waals surface area contributed by atoms with E-state index in [2.05, 4.69) is 31.0 Å². The first-order chi connectivity index (χ1) is 12.5. The lowest BCUT2D eigenvalue weighted by atomic mass is 9.97. The van der Waals surface area contributed by atoms with Crippen molar-refractivity contribution < 1.29 is 4.74 Å². The van der Waals surface area contributed by atoms with Crippen LogP contribution in [0, 0.1) is 10.8 Å². The minimum atomic E-state index is -0.279. The molecule has 0 bridgehead atoms. The van der Waals surface area contributed by atoms with Crippen LogP contribution in [0.3, 0.4) is 0 Å². The minimum Gasteiger partial charge on any atom is -0.480 e. The Kier molecular flexibility index (Phi) is 5.22. The van der Waals surface area contributed by atoms with Crippen LogP contribution in [0.2, 0.25) is 0 Å². The molecular formula is C18H17BrN6O. The molecule has 0 aliphatic carbocycles. The second-order valence-corrected chi connectivity index (χ2v) is 6.55. The maximum absolute atomic E-state index is 8.48. The Morgan fingerprint density at radius 2 is 1.92 bits per heavy atom. The van der Waals surface area contributed by atoms with Crippen LogP contribution in [0.4, 0.5) is 0 Å². The number of hydrogen-bond donors (Lipinski definition) is 2. The van der Waals surface area contributed by atoms with Gasteiger partial charge in [0, 0.05) is 29.9 Å². The fourth-order valence-corrected chi connectivity index (χ4v) is 2.65. The molecule has 1 unspecified atom stereocenters. The normalized spacial score (nSPS) is 11.8. The Labute approximate surface area is 158 Å². The van der Waals surface area contributed by atoms with Crippen molar-refractivity contribution in [2.45, 2.75) is 12.8 Å². The lowest BCUT2D eigenvalue weighted by molar-refractivity contribution is 0.386. The summed E-state index contributed by atoms with van der Waals surface area (Å²) >= 11 is 3.33. The van der Waals surface area contributed by atoms with Crippen LogP contribution in [-0.4, -0.2) is 32.7 Å². The Balaban J connectivity index is 1.94. The smallest absolute Gasteiger partial charge is 0.231 e. The highest BCUT2D eigenvalue weighted by Crippen LogP contribution is 2.23. The van der Waals surface area contributed by atoms with Gasteiger partial charge in [-0.3, -0.25) is 10.8 Å². The van der Waals surface area contributed by atoms with E-state index in [-0.39, 0.29) is 17.2 Å². The van der Waals surface area contributed by atoms with Crippen molar-refractivity contribution in [3.8, 4) is 17.3 Å². The highest BCUT2D eigenvalue weighted by atomic mass is 79.9. The van der Waals surface area contributed by atoms with Gasteiger partial charge in [0.1, 0.15) is 11.3 Å². The SMILES string of the molecule is COc1ccc(=N)n(C(=N)C(C)c2cccc(-c3ncc(Br)cn3)c2)n1. The molecule has 0 saturated carbocycles. The molecule has 7 nitrogen and oxygen atoms in total. The average molecular weight is 413 g/mol. The second kappa shape index (κ2) is 7.57. The van der Waals surface area contributed by atoms with Gasteiger partial charge in [0.05, 0.1) is 11.6 Å². The Bertz CT molecular complexity index is 999. The molecule has 0 radical (unpaired) electrons. The van der Waals surface area contributed by atoms with E-state index in [1.54, 1.807) is 24.5 Å². The third-order valence-corrected chi connectivity index (χ3v) is 4.33. The molecule has 1 atom stereocenters. The van der Waals surface area contributed by atoms with E-state index in [0.717, 1.165) is 15.6 Å². The first-order valence-corrected chi connectivity index (χ1v) is 8.64. The summed E-state index contributed by atoms with van der Waals surface area (Å²) in [5, 5.41) is 20.7. The summed E-state index contributed by atoms with van der Waals surface area (Å²) in [5.74, 6) is 0.874.